The summed E-state index contributed by atoms with van der Waals surface area (Å²) in [7, 11) is 1.37. The molecule has 1 aromatic heterocycles. The van der Waals surface area contributed by atoms with Gasteiger partial charge in [-0.1, -0.05) is 19.1 Å². The Bertz CT molecular complexity index is 843. The van der Waals surface area contributed by atoms with E-state index in [0.29, 0.717) is 22.7 Å². The molecular weight excluding hydrogens is 362 g/mol. The second-order valence-corrected chi connectivity index (χ2v) is 7.83. The normalized spacial score (nSPS) is 14.2. The molecule has 3 rings (SSSR count). The number of nitrogens with one attached hydrogen (secondary N) is 1. The van der Waals surface area contributed by atoms with Gasteiger partial charge in [0, 0.05) is 4.88 Å². The van der Waals surface area contributed by atoms with E-state index in [1.807, 2.05) is 38.1 Å². The maximum absolute atomic E-state index is 12.8. The molecule has 6 heteroatoms. The molecule has 1 aliphatic rings. The maximum atomic E-state index is 12.8. The molecule has 0 spiro atoms. The fourth-order valence-electron chi connectivity index (χ4n) is 3.34. The number of hydrogen-bond donors (Lipinski definition) is 1. The number of thiophene rings is 1. The van der Waals surface area contributed by atoms with Crippen LogP contribution >= 0.6 is 11.3 Å². The van der Waals surface area contributed by atoms with E-state index in [9.17, 15) is 9.59 Å². The zero-order valence-corrected chi connectivity index (χ0v) is 16.8. The molecule has 27 heavy (non-hydrogen) atoms. The Balaban J connectivity index is 1.81. The molecule has 0 unspecified atom stereocenters. The molecule has 2 aromatic rings. The van der Waals surface area contributed by atoms with E-state index in [-0.39, 0.29) is 5.91 Å². The van der Waals surface area contributed by atoms with Crippen LogP contribution < -0.4 is 10.1 Å². The first kappa shape index (κ1) is 19.4. The van der Waals surface area contributed by atoms with Crippen LogP contribution in [0.15, 0.2) is 24.3 Å². The van der Waals surface area contributed by atoms with Gasteiger partial charge >= 0.3 is 5.97 Å². The Morgan fingerprint density at radius 1 is 1.26 bits per heavy atom. The van der Waals surface area contributed by atoms with Gasteiger partial charge in [-0.05, 0) is 62.3 Å². The van der Waals surface area contributed by atoms with Gasteiger partial charge in [-0.2, -0.15) is 0 Å². The standard InChI is InChI=1S/C21H25NO4S/c1-4-16(26-14-9-7-8-13(2)12-14)19(23)22-20-18(21(24)25-3)15-10-5-6-11-17(15)27-20/h7-9,12,16H,4-6,10-11H2,1-3H3,(H,22,23)/t16-/m0/s1. The van der Waals surface area contributed by atoms with Crippen molar-refractivity contribution < 1.29 is 19.1 Å². The third-order valence-electron chi connectivity index (χ3n) is 4.73. The average Bonchev–Trinajstić information content (AvgIpc) is 3.03. The lowest BCUT2D eigenvalue weighted by atomic mass is 9.95. The minimum Gasteiger partial charge on any atom is -0.481 e. The van der Waals surface area contributed by atoms with E-state index in [0.717, 1.165) is 36.8 Å². The van der Waals surface area contributed by atoms with Gasteiger partial charge in [0.1, 0.15) is 10.8 Å². The average molecular weight is 388 g/mol. The summed E-state index contributed by atoms with van der Waals surface area (Å²) in [5.74, 6) is 0.0239. The van der Waals surface area contributed by atoms with Crippen molar-refractivity contribution in [2.24, 2.45) is 0 Å². The SMILES string of the molecule is CC[C@H](Oc1cccc(C)c1)C(=O)Nc1sc2c(c1C(=O)OC)CCCC2. The second-order valence-electron chi connectivity index (χ2n) is 6.73. The molecule has 0 saturated heterocycles. The molecule has 1 aromatic carbocycles. The third kappa shape index (κ3) is 4.33. The quantitative estimate of drug-likeness (QED) is 0.740. The molecular formula is C21H25NO4S. The minimum atomic E-state index is -0.628. The van der Waals surface area contributed by atoms with Crippen molar-refractivity contribution in [2.45, 2.75) is 52.1 Å². The number of carbonyl (C=O) groups is 2. The molecule has 1 N–H and O–H groups in total. The number of carbonyl (C=O) groups excluding carboxylic acids is 2. The Labute approximate surface area is 163 Å². The van der Waals surface area contributed by atoms with Crippen molar-refractivity contribution in [2.75, 3.05) is 12.4 Å². The monoisotopic (exact) mass is 387 g/mol. The largest absolute Gasteiger partial charge is 0.481 e. The molecule has 1 heterocycles. The lowest BCUT2D eigenvalue weighted by Crippen LogP contribution is -2.32. The zero-order valence-electron chi connectivity index (χ0n) is 16.0. The van der Waals surface area contributed by atoms with Crippen molar-refractivity contribution in [3.8, 4) is 5.75 Å². The summed E-state index contributed by atoms with van der Waals surface area (Å²) in [4.78, 5) is 26.3. The van der Waals surface area contributed by atoms with Gasteiger partial charge in [-0.15, -0.1) is 11.3 Å². The van der Waals surface area contributed by atoms with E-state index in [4.69, 9.17) is 9.47 Å². The first-order valence-corrected chi connectivity index (χ1v) is 10.1. The van der Waals surface area contributed by atoms with Gasteiger partial charge in [-0.25, -0.2) is 4.79 Å². The predicted octanol–water partition coefficient (Wildman–Crippen LogP) is 4.52. The summed E-state index contributed by atoms with van der Waals surface area (Å²) in [6.45, 7) is 3.88. The molecule has 0 fully saturated rings. The summed E-state index contributed by atoms with van der Waals surface area (Å²) in [6, 6.07) is 7.62. The number of aryl methyl sites for hydroxylation is 2. The topological polar surface area (TPSA) is 64.6 Å². The Kier molecular flexibility index (Phi) is 6.16. The summed E-state index contributed by atoms with van der Waals surface area (Å²) < 4.78 is 10.8. The second kappa shape index (κ2) is 8.57. The van der Waals surface area contributed by atoms with E-state index >= 15 is 0 Å². The van der Waals surface area contributed by atoms with Crippen molar-refractivity contribution >= 4 is 28.2 Å². The van der Waals surface area contributed by atoms with E-state index in [2.05, 4.69) is 5.32 Å². The van der Waals surface area contributed by atoms with Crippen molar-refractivity contribution in [1.82, 2.24) is 0 Å². The summed E-state index contributed by atoms with van der Waals surface area (Å²) in [5.41, 5.74) is 2.61. The molecule has 1 atom stereocenters. The number of benzene rings is 1. The van der Waals surface area contributed by atoms with Crippen LogP contribution in [0.25, 0.3) is 0 Å². The first-order valence-electron chi connectivity index (χ1n) is 9.30. The number of fused-ring (bicyclic) bond motifs is 1. The van der Waals surface area contributed by atoms with Crippen molar-refractivity contribution in [3.05, 3.63) is 45.8 Å². The minimum absolute atomic E-state index is 0.247. The molecule has 144 valence electrons. The van der Waals surface area contributed by atoms with Gasteiger partial charge < -0.3 is 14.8 Å². The van der Waals surface area contributed by atoms with Crippen LogP contribution in [-0.2, 0) is 22.4 Å². The lowest BCUT2D eigenvalue weighted by molar-refractivity contribution is -0.122. The van der Waals surface area contributed by atoms with Crippen LogP contribution in [0.1, 0.15) is 52.5 Å². The smallest absolute Gasteiger partial charge is 0.341 e. The zero-order chi connectivity index (χ0) is 19.4. The van der Waals surface area contributed by atoms with Gasteiger partial charge in [0.15, 0.2) is 6.10 Å². The van der Waals surface area contributed by atoms with Crippen molar-refractivity contribution in [1.29, 1.82) is 0 Å². The number of rotatable bonds is 6. The van der Waals surface area contributed by atoms with Gasteiger partial charge in [0.05, 0.1) is 12.7 Å². The highest BCUT2D eigenvalue weighted by atomic mass is 32.1. The van der Waals surface area contributed by atoms with Crippen LogP contribution in [0.2, 0.25) is 0 Å². The number of methoxy groups -OCH3 is 1. The van der Waals surface area contributed by atoms with E-state index < -0.39 is 12.1 Å². The highest BCUT2D eigenvalue weighted by molar-refractivity contribution is 7.17. The Hall–Kier alpha value is -2.34. The fourth-order valence-corrected chi connectivity index (χ4v) is 4.62. The molecule has 5 nitrogen and oxygen atoms in total. The lowest BCUT2D eigenvalue weighted by Gasteiger charge is -2.17. The van der Waals surface area contributed by atoms with Crippen LogP contribution in [0.5, 0.6) is 5.75 Å². The molecule has 1 amide bonds. The number of ether oxygens (including phenoxy) is 2. The molecule has 0 aliphatic heterocycles. The predicted molar refractivity (Wildman–Crippen MR) is 107 cm³/mol. The van der Waals surface area contributed by atoms with E-state index in [1.54, 1.807) is 0 Å². The summed E-state index contributed by atoms with van der Waals surface area (Å²) >= 11 is 1.48. The van der Waals surface area contributed by atoms with Crippen LogP contribution in [0.4, 0.5) is 5.00 Å². The van der Waals surface area contributed by atoms with Gasteiger partial charge in [-0.3, -0.25) is 4.79 Å². The maximum Gasteiger partial charge on any atom is 0.341 e. The summed E-state index contributed by atoms with van der Waals surface area (Å²) in [5, 5.41) is 3.50. The van der Waals surface area contributed by atoms with Crippen LogP contribution in [0, 0.1) is 6.92 Å². The van der Waals surface area contributed by atoms with E-state index in [1.165, 1.54) is 23.3 Å². The molecule has 0 saturated carbocycles. The number of anilines is 1. The van der Waals surface area contributed by atoms with Crippen molar-refractivity contribution in [3.63, 3.8) is 0 Å². The van der Waals surface area contributed by atoms with Gasteiger partial charge in [0.2, 0.25) is 0 Å². The fraction of sp³-hybridized carbons (Fsp3) is 0.429. The summed E-state index contributed by atoms with van der Waals surface area (Å²) in [6.07, 6.45) is 3.85. The van der Waals surface area contributed by atoms with Crippen LogP contribution in [-0.4, -0.2) is 25.1 Å². The van der Waals surface area contributed by atoms with Gasteiger partial charge in [0.25, 0.3) is 5.91 Å². The molecule has 0 radical (unpaired) electrons. The number of hydrogen-bond acceptors (Lipinski definition) is 5. The number of amides is 1. The highest BCUT2D eigenvalue weighted by Gasteiger charge is 2.28. The Morgan fingerprint density at radius 3 is 2.74 bits per heavy atom. The first-order chi connectivity index (χ1) is 13.0. The Morgan fingerprint density at radius 2 is 2.04 bits per heavy atom. The number of esters is 1. The third-order valence-corrected chi connectivity index (χ3v) is 5.94. The highest BCUT2D eigenvalue weighted by Crippen LogP contribution is 2.38. The molecule has 1 aliphatic carbocycles. The molecule has 0 bridgehead atoms. The van der Waals surface area contributed by atoms with Crippen LogP contribution in [0.3, 0.4) is 0 Å².